The number of carbonyl (C=O) groups is 1. The molecule has 0 radical (unpaired) electrons. The molecule has 1 amide bonds. The van der Waals surface area contributed by atoms with Crippen LogP contribution in [0.25, 0.3) is 0 Å². The largest absolute Gasteiger partial charge is 0.324 e. The summed E-state index contributed by atoms with van der Waals surface area (Å²) in [6, 6.07) is 5.59. The van der Waals surface area contributed by atoms with E-state index in [1.165, 1.54) is 0 Å². The van der Waals surface area contributed by atoms with Gasteiger partial charge in [0, 0.05) is 13.1 Å². The third kappa shape index (κ3) is 3.42. The third-order valence-corrected chi connectivity index (χ3v) is 5.40. The standard InChI is InChI=1S/C14H18Cl2N2OS/c1-9-13(19)18(7-6-17(2)3)14(20-9)10-4-5-11(15)12(16)8-10/h4-5,8-9,14H,6-7H2,1-3H3. The Morgan fingerprint density at radius 2 is 2.00 bits per heavy atom. The van der Waals surface area contributed by atoms with E-state index in [2.05, 4.69) is 4.90 Å². The normalized spacial score (nSPS) is 22.9. The first kappa shape index (κ1) is 16.0. The first-order valence-electron chi connectivity index (χ1n) is 6.45. The predicted molar refractivity (Wildman–Crippen MR) is 86.5 cm³/mol. The Bertz CT molecular complexity index is 510. The Hall–Kier alpha value is -0.420. The zero-order valence-corrected chi connectivity index (χ0v) is 14.1. The van der Waals surface area contributed by atoms with E-state index in [4.69, 9.17) is 23.2 Å². The summed E-state index contributed by atoms with van der Waals surface area (Å²) in [5.74, 6) is 0.188. The highest BCUT2D eigenvalue weighted by Gasteiger charge is 2.38. The van der Waals surface area contributed by atoms with Gasteiger partial charge < -0.3 is 9.80 Å². The maximum absolute atomic E-state index is 12.3. The molecule has 0 N–H and O–H groups in total. The van der Waals surface area contributed by atoms with Gasteiger partial charge in [-0.15, -0.1) is 11.8 Å². The molecule has 1 saturated heterocycles. The minimum absolute atomic E-state index is 0.0170. The molecular formula is C14H18Cl2N2OS. The van der Waals surface area contributed by atoms with E-state index in [-0.39, 0.29) is 16.5 Å². The molecule has 2 rings (SSSR count). The number of likely N-dealkylation sites (N-methyl/N-ethyl adjacent to an activating group) is 1. The van der Waals surface area contributed by atoms with Crippen molar-refractivity contribution in [2.24, 2.45) is 0 Å². The van der Waals surface area contributed by atoms with Crippen molar-refractivity contribution in [2.45, 2.75) is 17.5 Å². The fraction of sp³-hybridized carbons (Fsp3) is 0.500. The lowest BCUT2D eigenvalue weighted by Crippen LogP contribution is -2.36. The van der Waals surface area contributed by atoms with E-state index in [1.54, 1.807) is 17.8 Å². The molecule has 2 atom stereocenters. The highest BCUT2D eigenvalue weighted by molar-refractivity contribution is 8.01. The van der Waals surface area contributed by atoms with Crippen molar-refractivity contribution in [3.05, 3.63) is 33.8 Å². The quantitative estimate of drug-likeness (QED) is 0.842. The second kappa shape index (κ2) is 6.56. The molecule has 1 fully saturated rings. The molecule has 110 valence electrons. The number of nitrogens with zero attached hydrogens (tertiary/aromatic N) is 2. The highest BCUT2D eigenvalue weighted by atomic mass is 35.5. The van der Waals surface area contributed by atoms with Gasteiger partial charge in [-0.2, -0.15) is 0 Å². The van der Waals surface area contributed by atoms with Crippen LogP contribution in [0.1, 0.15) is 17.9 Å². The summed E-state index contributed by atoms with van der Waals surface area (Å²) in [5.41, 5.74) is 1.03. The second-order valence-electron chi connectivity index (χ2n) is 5.14. The minimum Gasteiger partial charge on any atom is -0.324 e. The number of halogens is 2. The summed E-state index contributed by atoms with van der Waals surface area (Å²) in [7, 11) is 4.01. The summed E-state index contributed by atoms with van der Waals surface area (Å²) in [4.78, 5) is 16.3. The third-order valence-electron chi connectivity index (χ3n) is 3.26. The molecule has 1 heterocycles. The maximum atomic E-state index is 12.3. The lowest BCUT2D eigenvalue weighted by Gasteiger charge is -2.25. The van der Waals surface area contributed by atoms with Gasteiger partial charge in [0.2, 0.25) is 5.91 Å². The topological polar surface area (TPSA) is 23.6 Å². The Morgan fingerprint density at radius 3 is 2.60 bits per heavy atom. The van der Waals surface area contributed by atoms with Gasteiger partial charge >= 0.3 is 0 Å². The average molecular weight is 333 g/mol. The number of amides is 1. The van der Waals surface area contributed by atoms with Crippen molar-refractivity contribution in [3.63, 3.8) is 0 Å². The van der Waals surface area contributed by atoms with E-state index in [9.17, 15) is 4.79 Å². The van der Waals surface area contributed by atoms with Crippen LogP contribution in [0, 0.1) is 0 Å². The van der Waals surface area contributed by atoms with Gasteiger partial charge in [0.15, 0.2) is 0 Å². The van der Waals surface area contributed by atoms with Gasteiger partial charge in [-0.1, -0.05) is 29.3 Å². The molecule has 1 aromatic carbocycles. The number of benzene rings is 1. The van der Waals surface area contributed by atoms with E-state index < -0.39 is 0 Å². The van der Waals surface area contributed by atoms with Crippen LogP contribution < -0.4 is 0 Å². The van der Waals surface area contributed by atoms with Crippen LogP contribution in [0.3, 0.4) is 0 Å². The van der Waals surface area contributed by atoms with E-state index in [1.807, 2.05) is 38.1 Å². The average Bonchev–Trinajstić information content (AvgIpc) is 2.67. The number of rotatable bonds is 4. The molecule has 0 saturated carbocycles. The number of hydrogen-bond acceptors (Lipinski definition) is 3. The smallest absolute Gasteiger partial charge is 0.236 e. The Morgan fingerprint density at radius 1 is 1.30 bits per heavy atom. The van der Waals surface area contributed by atoms with Crippen molar-refractivity contribution in [3.8, 4) is 0 Å². The zero-order chi connectivity index (χ0) is 14.9. The molecule has 2 unspecified atom stereocenters. The van der Waals surface area contributed by atoms with Crippen LogP contribution in [0.4, 0.5) is 0 Å². The van der Waals surface area contributed by atoms with Crippen molar-refractivity contribution in [2.75, 3.05) is 27.2 Å². The minimum atomic E-state index is -0.0170. The summed E-state index contributed by atoms with van der Waals surface area (Å²) >= 11 is 13.7. The molecule has 0 aromatic heterocycles. The molecule has 0 spiro atoms. The number of hydrogen-bond donors (Lipinski definition) is 0. The lowest BCUT2D eigenvalue weighted by molar-refractivity contribution is -0.129. The Balaban J connectivity index is 2.23. The fourth-order valence-electron chi connectivity index (χ4n) is 2.13. The van der Waals surface area contributed by atoms with Gasteiger partial charge in [-0.3, -0.25) is 4.79 Å². The van der Waals surface area contributed by atoms with E-state index in [0.29, 0.717) is 16.6 Å². The summed E-state index contributed by atoms with van der Waals surface area (Å²) in [5, 5.41) is 1.07. The molecule has 6 heteroatoms. The van der Waals surface area contributed by atoms with Crippen LogP contribution in [0.5, 0.6) is 0 Å². The SMILES string of the molecule is CC1SC(c2ccc(Cl)c(Cl)c2)N(CCN(C)C)C1=O. The van der Waals surface area contributed by atoms with Gasteiger partial charge in [-0.25, -0.2) is 0 Å². The molecule has 3 nitrogen and oxygen atoms in total. The van der Waals surface area contributed by atoms with Gasteiger partial charge in [0.25, 0.3) is 0 Å². The van der Waals surface area contributed by atoms with Crippen LogP contribution in [-0.2, 0) is 4.79 Å². The molecule has 1 aliphatic rings. The molecule has 20 heavy (non-hydrogen) atoms. The number of carbonyl (C=O) groups excluding carboxylic acids is 1. The summed E-state index contributed by atoms with van der Waals surface area (Å²) in [6.45, 7) is 3.51. The summed E-state index contributed by atoms with van der Waals surface area (Å²) < 4.78 is 0. The van der Waals surface area contributed by atoms with Crippen molar-refractivity contribution in [1.29, 1.82) is 0 Å². The van der Waals surface area contributed by atoms with Crippen LogP contribution >= 0.6 is 35.0 Å². The van der Waals surface area contributed by atoms with Crippen LogP contribution in [0.15, 0.2) is 18.2 Å². The van der Waals surface area contributed by atoms with Crippen molar-refractivity contribution < 1.29 is 4.79 Å². The summed E-state index contributed by atoms with van der Waals surface area (Å²) in [6.07, 6.45) is 0. The molecular weight excluding hydrogens is 315 g/mol. The van der Waals surface area contributed by atoms with E-state index >= 15 is 0 Å². The monoisotopic (exact) mass is 332 g/mol. The molecule has 1 aromatic rings. The van der Waals surface area contributed by atoms with Gasteiger partial charge in [0.05, 0.1) is 15.3 Å². The van der Waals surface area contributed by atoms with Crippen molar-refractivity contribution in [1.82, 2.24) is 9.80 Å². The first-order chi connectivity index (χ1) is 9.40. The molecule has 0 bridgehead atoms. The Kier molecular flexibility index (Phi) is 5.24. The van der Waals surface area contributed by atoms with Gasteiger partial charge in [-0.05, 0) is 38.7 Å². The highest BCUT2D eigenvalue weighted by Crippen LogP contribution is 2.43. The zero-order valence-electron chi connectivity index (χ0n) is 11.8. The van der Waals surface area contributed by atoms with Crippen LogP contribution in [-0.4, -0.2) is 48.1 Å². The number of thioether (sulfide) groups is 1. The lowest BCUT2D eigenvalue weighted by atomic mass is 10.2. The van der Waals surface area contributed by atoms with Gasteiger partial charge in [0.1, 0.15) is 5.37 Å². The predicted octanol–water partition coefficient (Wildman–Crippen LogP) is 3.52. The Labute approximate surface area is 134 Å². The van der Waals surface area contributed by atoms with E-state index in [0.717, 1.165) is 12.1 Å². The van der Waals surface area contributed by atoms with Crippen molar-refractivity contribution >= 4 is 40.9 Å². The second-order valence-corrected chi connectivity index (χ2v) is 7.38. The molecule has 0 aliphatic carbocycles. The first-order valence-corrected chi connectivity index (χ1v) is 8.15. The molecule has 1 aliphatic heterocycles. The van der Waals surface area contributed by atoms with Crippen LogP contribution in [0.2, 0.25) is 10.0 Å². The fourth-order valence-corrected chi connectivity index (χ4v) is 3.74. The maximum Gasteiger partial charge on any atom is 0.236 e.